The summed E-state index contributed by atoms with van der Waals surface area (Å²) in [6, 6.07) is 7.28. The summed E-state index contributed by atoms with van der Waals surface area (Å²) in [5, 5.41) is 7.20. The lowest BCUT2D eigenvalue weighted by Crippen LogP contribution is -2.21. The van der Waals surface area contributed by atoms with Gasteiger partial charge in [-0.25, -0.2) is 0 Å². The lowest BCUT2D eigenvalue weighted by atomic mass is 9.86. The molecule has 0 aliphatic carbocycles. The summed E-state index contributed by atoms with van der Waals surface area (Å²) in [6.07, 6.45) is -4.58. The molecule has 0 aliphatic heterocycles. The highest BCUT2D eigenvalue weighted by Gasteiger charge is 2.35. The average molecular weight is 359 g/mol. The quantitative estimate of drug-likeness (QED) is 0.900. The summed E-state index contributed by atoms with van der Waals surface area (Å²) in [5.41, 5.74) is 0.751. The summed E-state index contributed by atoms with van der Waals surface area (Å²) in [4.78, 5) is 11.8. The number of benzene rings is 1. The van der Waals surface area contributed by atoms with Crippen LogP contribution in [0.3, 0.4) is 0 Å². The Morgan fingerprint density at radius 1 is 1.21 bits per heavy atom. The van der Waals surface area contributed by atoms with Crippen LogP contribution in [-0.4, -0.2) is 22.7 Å². The largest absolute Gasteiger partial charge is 0.483 e. The van der Waals surface area contributed by atoms with Gasteiger partial charge in [-0.15, -0.1) is 10.2 Å². The molecule has 5 nitrogen and oxygen atoms in total. The Hall–Kier alpha value is -2.16. The summed E-state index contributed by atoms with van der Waals surface area (Å²) in [7, 11) is 0. The van der Waals surface area contributed by atoms with Gasteiger partial charge in [-0.2, -0.15) is 13.2 Å². The highest BCUT2D eigenvalue weighted by Crippen LogP contribution is 2.33. The van der Waals surface area contributed by atoms with Gasteiger partial charge in [0.05, 0.1) is 0 Å². The van der Waals surface area contributed by atoms with Gasteiger partial charge in [0.25, 0.3) is 5.91 Å². The van der Waals surface area contributed by atoms with Crippen LogP contribution in [0.1, 0.15) is 31.3 Å². The minimum atomic E-state index is -4.58. The third kappa shape index (κ3) is 4.67. The number of ether oxygens (including phenoxy) is 1. The van der Waals surface area contributed by atoms with Crippen LogP contribution >= 0.6 is 11.3 Å². The Labute approximate surface area is 140 Å². The maximum absolute atomic E-state index is 12.4. The van der Waals surface area contributed by atoms with Gasteiger partial charge in [0.1, 0.15) is 5.75 Å². The summed E-state index contributed by atoms with van der Waals surface area (Å²) in [6.45, 7) is 5.69. The number of rotatable bonds is 4. The number of hydrogen-bond acceptors (Lipinski definition) is 5. The van der Waals surface area contributed by atoms with Crippen molar-refractivity contribution in [1.29, 1.82) is 0 Å². The molecular weight excluding hydrogens is 343 g/mol. The van der Waals surface area contributed by atoms with Gasteiger partial charge >= 0.3 is 6.18 Å². The second-order valence-corrected chi connectivity index (χ2v) is 6.97. The zero-order valence-corrected chi connectivity index (χ0v) is 14.1. The number of para-hydroxylation sites is 1. The topological polar surface area (TPSA) is 64.1 Å². The first-order valence-electron chi connectivity index (χ1n) is 7.00. The predicted octanol–water partition coefficient (Wildman–Crippen LogP) is 3.87. The number of aromatic nitrogens is 2. The fraction of sp³-hybridized carbons (Fsp3) is 0.400. The van der Waals surface area contributed by atoms with E-state index < -0.39 is 17.1 Å². The molecular formula is C15H16F3N3O2S. The molecule has 1 heterocycles. The fourth-order valence-corrected chi connectivity index (χ4v) is 2.53. The van der Waals surface area contributed by atoms with E-state index in [0.717, 1.165) is 5.56 Å². The number of carbonyl (C=O) groups is 1. The molecule has 0 bridgehead atoms. The molecule has 130 valence electrons. The van der Waals surface area contributed by atoms with E-state index in [0.29, 0.717) is 5.75 Å². The zero-order valence-electron chi connectivity index (χ0n) is 13.3. The van der Waals surface area contributed by atoms with Crippen molar-refractivity contribution in [2.24, 2.45) is 0 Å². The molecule has 1 aromatic carbocycles. The second kappa shape index (κ2) is 6.76. The fourth-order valence-electron chi connectivity index (χ4n) is 1.90. The number of alkyl halides is 3. The molecule has 2 rings (SSSR count). The number of nitrogens with one attached hydrogen (secondary N) is 1. The van der Waals surface area contributed by atoms with Gasteiger partial charge in [0.2, 0.25) is 10.1 Å². The van der Waals surface area contributed by atoms with Crippen molar-refractivity contribution in [1.82, 2.24) is 10.2 Å². The van der Waals surface area contributed by atoms with Gasteiger partial charge in [-0.3, -0.25) is 10.1 Å². The SMILES string of the molecule is CC(C)(C)c1ccccc1OCC(=O)Nc1nnc(C(F)(F)F)s1. The molecule has 1 N–H and O–H groups in total. The first-order valence-corrected chi connectivity index (χ1v) is 7.82. The maximum Gasteiger partial charge on any atom is 0.445 e. The molecule has 0 saturated heterocycles. The number of halogens is 3. The highest BCUT2D eigenvalue weighted by molar-refractivity contribution is 7.15. The maximum atomic E-state index is 12.4. The molecule has 0 aliphatic rings. The lowest BCUT2D eigenvalue weighted by Gasteiger charge is -2.22. The van der Waals surface area contributed by atoms with E-state index in [9.17, 15) is 18.0 Å². The van der Waals surface area contributed by atoms with Crippen LogP contribution in [0.4, 0.5) is 18.3 Å². The molecule has 0 radical (unpaired) electrons. The molecule has 2 aromatic rings. The van der Waals surface area contributed by atoms with Gasteiger partial charge in [-0.05, 0) is 17.0 Å². The molecule has 0 saturated carbocycles. The Morgan fingerprint density at radius 3 is 2.46 bits per heavy atom. The standard InChI is InChI=1S/C15H16F3N3O2S/c1-14(2,3)9-6-4-5-7-10(9)23-8-11(22)19-13-21-20-12(24-13)15(16,17)18/h4-7H,8H2,1-3H3,(H,19,21,22). The van der Waals surface area contributed by atoms with Crippen LogP contribution in [-0.2, 0) is 16.4 Å². The van der Waals surface area contributed by atoms with Gasteiger partial charge in [0, 0.05) is 0 Å². The van der Waals surface area contributed by atoms with Crippen molar-refractivity contribution in [3.63, 3.8) is 0 Å². The third-order valence-electron chi connectivity index (χ3n) is 2.97. The van der Waals surface area contributed by atoms with Crippen LogP contribution in [0.5, 0.6) is 5.75 Å². The van der Waals surface area contributed by atoms with Crippen LogP contribution in [0.2, 0.25) is 0 Å². The van der Waals surface area contributed by atoms with Crippen LogP contribution in [0.25, 0.3) is 0 Å². The number of nitrogens with zero attached hydrogens (tertiary/aromatic N) is 2. The first-order chi connectivity index (χ1) is 11.1. The van der Waals surface area contributed by atoms with E-state index in [1.807, 2.05) is 32.9 Å². The first kappa shape index (κ1) is 18.2. The minimum absolute atomic E-state index is 0.173. The van der Waals surface area contributed by atoms with Crippen LogP contribution in [0, 0.1) is 0 Å². The number of amides is 1. The molecule has 0 spiro atoms. The van der Waals surface area contributed by atoms with Crippen molar-refractivity contribution in [2.45, 2.75) is 32.4 Å². The van der Waals surface area contributed by atoms with Crippen LogP contribution in [0.15, 0.2) is 24.3 Å². The Kier molecular flexibility index (Phi) is 5.12. The molecule has 9 heteroatoms. The van der Waals surface area contributed by atoms with Crippen molar-refractivity contribution in [3.05, 3.63) is 34.8 Å². The second-order valence-electron chi connectivity index (χ2n) is 5.99. The van der Waals surface area contributed by atoms with E-state index in [1.54, 1.807) is 12.1 Å². The van der Waals surface area contributed by atoms with E-state index in [1.165, 1.54) is 0 Å². The predicted molar refractivity (Wildman–Crippen MR) is 84.2 cm³/mol. The van der Waals surface area contributed by atoms with E-state index >= 15 is 0 Å². The van der Waals surface area contributed by atoms with E-state index in [2.05, 4.69) is 15.5 Å². The smallest absolute Gasteiger partial charge is 0.445 e. The average Bonchev–Trinajstić information content (AvgIpc) is 2.93. The van der Waals surface area contributed by atoms with Gasteiger partial charge < -0.3 is 4.74 Å². The highest BCUT2D eigenvalue weighted by atomic mass is 32.1. The van der Waals surface area contributed by atoms with Gasteiger partial charge in [0.15, 0.2) is 6.61 Å². The molecule has 1 amide bonds. The van der Waals surface area contributed by atoms with Crippen LogP contribution < -0.4 is 10.1 Å². The lowest BCUT2D eigenvalue weighted by molar-refractivity contribution is -0.138. The zero-order chi connectivity index (χ0) is 18.0. The van der Waals surface area contributed by atoms with E-state index in [-0.39, 0.29) is 28.5 Å². The summed E-state index contributed by atoms with van der Waals surface area (Å²) < 4.78 is 42.8. The Bertz CT molecular complexity index is 723. The van der Waals surface area contributed by atoms with E-state index in [4.69, 9.17) is 4.74 Å². The molecule has 1 aromatic heterocycles. The summed E-state index contributed by atoms with van der Waals surface area (Å²) >= 11 is 0.263. The number of carbonyl (C=O) groups excluding carboxylic acids is 1. The van der Waals surface area contributed by atoms with Crippen molar-refractivity contribution < 1.29 is 22.7 Å². The minimum Gasteiger partial charge on any atom is -0.483 e. The molecule has 0 atom stereocenters. The van der Waals surface area contributed by atoms with Crippen molar-refractivity contribution in [3.8, 4) is 5.75 Å². The monoisotopic (exact) mass is 359 g/mol. The number of anilines is 1. The number of hydrogen-bond donors (Lipinski definition) is 1. The summed E-state index contributed by atoms with van der Waals surface area (Å²) in [5.74, 6) is -0.0584. The Balaban J connectivity index is 1.98. The van der Waals surface area contributed by atoms with Gasteiger partial charge in [-0.1, -0.05) is 50.3 Å². The Morgan fingerprint density at radius 2 is 1.88 bits per heavy atom. The molecule has 0 fully saturated rings. The molecule has 24 heavy (non-hydrogen) atoms. The third-order valence-corrected chi connectivity index (χ3v) is 3.85. The van der Waals surface area contributed by atoms with Crippen molar-refractivity contribution in [2.75, 3.05) is 11.9 Å². The normalized spacial score (nSPS) is 12.1. The van der Waals surface area contributed by atoms with Crippen molar-refractivity contribution >= 4 is 22.4 Å². The molecule has 0 unspecified atom stereocenters.